The molecule has 28 heavy (non-hydrogen) atoms. The van der Waals surface area contributed by atoms with Crippen molar-refractivity contribution in [1.29, 1.82) is 0 Å². The zero-order valence-corrected chi connectivity index (χ0v) is 16.9. The number of rotatable bonds is 5. The molecule has 0 aliphatic carbocycles. The quantitative estimate of drug-likeness (QED) is 0.869. The molecule has 5 heteroatoms. The summed E-state index contributed by atoms with van der Waals surface area (Å²) in [5, 5.41) is 2.95. The van der Waals surface area contributed by atoms with Crippen molar-refractivity contribution in [3.8, 4) is 0 Å². The van der Waals surface area contributed by atoms with Crippen molar-refractivity contribution in [1.82, 2.24) is 10.2 Å². The molecule has 0 spiro atoms. The van der Waals surface area contributed by atoms with Crippen LogP contribution in [0.2, 0.25) is 0 Å². The number of anilines is 1. The van der Waals surface area contributed by atoms with Gasteiger partial charge in [0.15, 0.2) is 0 Å². The molecule has 1 aliphatic rings. The first kappa shape index (κ1) is 19.9. The van der Waals surface area contributed by atoms with Crippen LogP contribution in [0.1, 0.15) is 29.8 Å². The van der Waals surface area contributed by atoms with Crippen molar-refractivity contribution in [2.24, 2.45) is 5.92 Å². The number of carbonyl (C=O) groups is 2. The maximum Gasteiger partial charge on any atom is 0.251 e. The van der Waals surface area contributed by atoms with E-state index < -0.39 is 6.04 Å². The average Bonchev–Trinajstić information content (AvgIpc) is 2.72. The van der Waals surface area contributed by atoms with Crippen LogP contribution >= 0.6 is 0 Å². The summed E-state index contributed by atoms with van der Waals surface area (Å²) in [6.07, 6.45) is 0. The molecule has 1 saturated heterocycles. The molecule has 2 aromatic carbocycles. The fraction of sp³-hybridized carbons (Fsp3) is 0.391. The number of aryl methyl sites for hydroxylation is 1. The highest BCUT2D eigenvalue weighted by molar-refractivity contribution is 5.97. The third-order valence-electron chi connectivity index (χ3n) is 5.25. The molecule has 5 nitrogen and oxygen atoms in total. The molecule has 0 aromatic heterocycles. The molecule has 0 bridgehead atoms. The second-order valence-electron chi connectivity index (χ2n) is 7.71. The van der Waals surface area contributed by atoms with Crippen molar-refractivity contribution in [3.63, 3.8) is 0 Å². The van der Waals surface area contributed by atoms with Gasteiger partial charge in [0, 0.05) is 37.4 Å². The van der Waals surface area contributed by atoms with Crippen LogP contribution in [0.15, 0.2) is 54.6 Å². The summed E-state index contributed by atoms with van der Waals surface area (Å²) < 4.78 is 0. The fourth-order valence-corrected chi connectivity index (χ4v) is 3.46. The molecule has 1 N–H and O–H groups in total. The number of benzene rings is 2. The van der Waals surface area contributed by atoms with Crippen LogP contribution in [-0.2, 0) is 4.79 Å². The van der Waals surface area contributed by atoms with Crippen LogP contribution in [0.3, 0.4) is 0 Å². The van der Waals surface area contributed by atoms with E-state index in [9.17, 15) is 9.59 Å². The van der Waals surface area contributed by atoms with E-state index in [2.05, 4.69) is 22.3 Å². The first-order valence-corrected chi connectivity index (χ1v) is 9.92. The summed E-state index contributed by atoms with van der Waals surface area (Å²) in [6, 6.07) is 17.1. The minimum atomic E-state index is -0.517. The third-order valence-corrected chi connectivity index (χ3v) is 5.25. The number of amides is 2. The summed E-state index contributed by atoms with van der Waals surface area (Å²) in [7, 11) is 0. The van der Waals surface area contributed by atoms with Crippen molar-refractivity contribution in [3.05, 3.63) is 65.7 Å². The van der Waals surface area contributed by atoms with Gasteiger partial charge < -0.3 is 15.1 Å². The normalized spacial score (nSPS) is 15.4. The summed E-state index contributed by atoms with van der Waals surface area (Å²) in [5.74, 6) is -0.174. The Morgan fingerprint density at radius 3 is 2.07 bits per heavy atom. The lowest BCUT2D eigenvalue weighted by atomic mass is 10.0. The van der Waals surface area contributed by atoms with Gasteiger partial charge >= 0.3 is 0 Å². The second kappa shape index (κ2) is 8.91. The van der Waals surface area contributed by atoms with Gasteiger partial charge in [-0.25, -0.2) is 0 Å². The highest BCUT2D eigenvalue weighted by Gasteiger charge is 2.31. The molecule has 1 aliphatic heterocycles. The topological polar surface area (TPSA) is 52.7 Å². The molecule has 1 atom stereocenters. The number of carbonyl (C=O) groups excluding carboxylic acids is 2. The van der Waals surface area contributed by atoms with Gasteiger partial charge in [0.2, 0.25) is 5.91 Å². The predicted molar refractivity (Wildman–Crippen MR) is 113 cm³/mol. The highest BCUT2D eigenvalue weighted by Crippen LogP contribution is 2.17. The summed E-state index contributed by atoms with van der Waals surface area (Å²) in [5.41, 5.74) is 2.87. The molecule has 0 saturated carbocycles. The van der Waals surface area contributed by atoms with Crippen LogP contribution in [0.5, 0.6) is 0 Å². The van der Waals surface area contributed by atoms with Crippen LogP contribution < -0.4 is 10.2 Å². The lowest BCUT2D eigenvalue weighted by molar-refractivity contribution is -0.134. The SMILES string of the molecule is Cc1ccc(C(=O)N[C@H](C(=O)N2CCN(c3ccccc3)CC2)C(C)C)cc1. The molecule has 3 rings (SSSR count). The number of nitrogens with zero attached hydrogens (tertiary/aromatic N) is 2. The molecule has 148 valence electrons. The first-order chi connectivity index (χ1) is 13.5. The maximum atomic E-state index is 13.1. The highest BCUT2D eigenvalue weighted by atomic mass is 16.2. The Morgan fingerprint density at radius 2 is 1.50 bits per heavy atom. The van der Waals surface area contributed by atoms with Crippen molar-refractivity contribution in [2.45, 2.75) is 26.8 Å². The number of hydrogen-bond acceptors (Lipinski definition) is 3. The minimum absolute atomic E-state index is 0.00294. The summed E-state index contributed by atoms with van der Waals surface area (Å²) >= 11 is 0. The van der Waals surface area contributed by atoms with E-state index in [0.29, 0.717) is 18.7 Å². The van der Waals surface area contributed by atoms with Gasteiger partial charge in [0.25, 0.3) is 5.91 Å². The molecule has 0 radical (unpaired) electrons. The Hall–Kier alpha value is -2.82. The zero-order valence-electron chi connectivity index (χ0n) is 16.9. The van der Waals surface area contributed by atoms with E-state index >= 15 is 0 Å². The zero-order chi connectivity index (χ0) is 20.1. The lowest BCUT2D eigenvalue weighted by Gasteiger charge is -2.38. The van der Waals surface area contributed by atoms with E-state index in [4.69, 9.17) is 0 Å². The van der Waals surface area contributed by atoms with Gasteiger partial charge in [-0.15, -0.1) is 0 Å². The van der Waals surface area contributed by atoms with Crippen molar-refractivity contribution < 1.29 is 9.59 Å². The van der Waals surface area contributed by atoms with Gasteiger partial charge in [-0.2, -0.15) is 0 Å². The van der Waals surface area contributed by atoms with Gasteiger partial charge in [-0.1, -0.05) is 49.7 Å². The van der Waals surface area contributed by atoms with Crippen LogP contribution in [0.4, 0.5) is 5.69 Å². The molecule has 2 amide bonds. The number of nitrogens with one attached hydrogen (secondary N) is 1. The van der Waals surface area contributed by atoms with Crippen molar-refractivity contribution in [2.75, 3.05) is 31.1 Å². The molecular formula is C23H29N3O2. The van der Waals surface area contributed by atoms with Crippen molar-refractivity contribution >= 4 is 17.5 Å². The first-order valence-electron chi connectivity index (χ1n) is 9.92. The van der Waals surface area contributed by atoms with Crippen LogP contribution in [0, 0.1) is 12.8 Å². The van der Waals surface area contributed by atoms with E-state index in [1.807, 2.05) is 56.0 Å². The van der Waals surface area contributed by atoms with E-state index in [0.717, 1.165) is 18.7 Å². The third kappa shape index (κ3) is 4.71. The largest absolute Gasteiger partial charge is 0.368 e. The Bertz CT molecular complexity index is 794. The summed E-state index contributed by atoms with van der Waals surface area (Å²) in [6.45, 7) is 8.85. The van der Waals surface area contributed by atoms with Gasteiger partial charge in [0.05, 0.1) is 0 Å². The number of piperazine rings is 1. The maximum absolute atomic E-state index is 13.1. The average molecular weight is 380 g/mol. The van der Waals surface area contributed by atoms with E-state index in [1.165, 1.54) is 5.69 Å². The van der Waals surface area contributed by atoms with Gasteiger partial charge in [-0.3, -0.25) is 9.59 Å². The molecular weight excluding hydrogens is 350 g/mol. The van der Waals surface area contributed by atoms with Crippen LogP contribution in [-0.4, -0.2) is 48.9 Å². The molecule has 1 heterocycles. The van der Waals surface area contributed by atoms with Gasteiger partial charge in [0.1, 0.15) is 6.04 Å². The molecule has 2 aromatic rings. The van der Waals surface area contributed by atoms with E-state index in [-0.39, 0.29) is 17.7 Å². The lowest BCUT2D eigenvalue weighted by Crippen LogP contribution is -2.56. The Labute approximate surface area is 167 Å². The molecule has 1 fully saturated rings. The predicted octanol–water partition coefficient (Wildman–Crippen LogP) is 3.10. The van der Waals surface area contributed by atoms with E-state index in [1.54, 1.807) is 12.1 Å². The Kier molecular flexibility index (Phi) is 6.34. The second-order valence-corrected chi connectivity index (χ2v) is 7.71. The fourth-order valence-electron chi connectivity index (χ4n) is 3.46. The standard InChI is InChI=1S/C23H29N3O2/c1-17(2)21(24-22(27)19-11-9-18(3)10-12-19)23(28)26-15-13-25(14-16-26)20-7-5-4-6-8-20/h4-12,17,21H,13-16H2,1-3H3,(H,24,27)/t21-/m0/s1. The Morgan fingerprint density at radius 1 is 0.893 bits per heavy atom. The van der Waals surface area contributed by atoms with Gasteiger partial charge in [-0.05, 0) is 37.1 Å². The Balaban J connectivity index is 1.62. The minimum Gasteiger partial charge on any atom is -0.368 e. The monoisotopic (exact) mass is 379 g/mol. The number of para-hydroxylation sites is 1. The molecule has 0 unspecified atom stereocenters. The summed E-state index contributed by atoms with van der Waals surface area (Å²) in [4.78, 5) is 29.9. The number of hydrogen-bond donors (Lipinski definition) is 1. The smallest absolute Gasteiger partial charge is 0.251 e. The van der Waals surface area contributed by atoms with Crippen LogP contribution in [0.25, 0.3) is 0 Å².